The van der Waals surface area contributed by atoms with Crippen molar-refractivity contribution >= 4 is 11.9 Å². The highest BCUT2D eigenvalue weighted by atomic mass is 19.1. The molecule has 4 nitrogen and oxygen atoms in total. The molecule has 0 aliphatic carbocycles. The molecule has 1 amide bonds. The second kappa shape index (κ2) is 7.24. The van der Waals surface area contributed by atoms with Crippen LogP contribution in [0.25, 0.3) is 0 Å². The Hall–Kier alpha value is -2.42. The number of amides is 1. The fourth-order valence-electron chi connectivity index (χ4n) is 1.59. The number of hydrogen-bond donors (Lipinski definition) is 2. The van der Waals surface area contributed by atoms with E-state index in [1.165, 1.54) is 0 Å². The average molecular weight is 281 g/mol. The van der Waals surface area contributed by atoms with Gasteiger partial charge in [0.2, 0.25) is 0 Å². The molecule has 1 aromatic carbocycles. The Bertz CT molecular complexity index is 532. The molecule has 0 spiro atoms. The van der Waals surface area contributed by atoms with Crippen LogP contribution in [-0.2, 0) is 4.79 Å². The molecule has 0 aliphatic heterocycles. The van der Waals surface area contributed by atoms with Gasteiger partial charge < -0.3 is 10.4 Å². The number of carboxylic acids is 1. The smallest absolute Gasteiger partial charge is 0.326 e. The lowest BCUT2D eigenvalue weighted by Gasteiger charge is -2.14. The van der Waals surface area contributed by atoms with Crippen molar-refractivity contribution in [1.29, 1.82) is 0 Å². The van der Waals surface area contributed by atoms with E-state index in [-0.39, 0.29) is 12.0 Å². The summed E-state index contributed by atoms with van der Waals surface area (Å²) < 4.78 is 25.9. The molecule has 1 rings (SSSR count). The van der Waals surface area contributed by atoms with Gasteiger partial charge in [-0.05, 0) is 25.0 Å². The van der Waals surface area contributed by atoms with Crippen molar-refractivity contribution in [3.8, 4) is 12.3 Å². The van der Waals surface area contributed by atoms with E-state index in [2.05, 4.69) is 11.2 Å². The van der Waals surface area contributed by atoms with Gasteiger partial charge in [-0.2, -0.15) is 0 Å². The third kappa shape index (κ3) is 4.69. The molecule has 0 saturated carbocycles. The van der Waals surface area contributed by atoms with Gasteiger partial charge in [0, 0.05) is 18.1 Å². The summed E-state index contributed by atoms with van der Waals surface area (Å²) in [5.74, 6) is -1.54. The summed E-state index contributed by atoms with van der Waals surface area (Å²) in [6.07, 6.45) is 6.00. The molecule has 0 aromatic heterocycles. The number of carboxylic acid groups (broad SMARTS) is 1. The Morgan fingerprint density at radius 2 is 1.90 bits per heavy atom. The third-order valence-corrected chi connectivity index (χ3v) is 2.54. The number of nitrogens with one attached hydrogen (secondary N) is 1. The highest BCUT2D eigenvalue weighted by Gasteiger charge is 2.20. The van der Waals surface area contributed by atoms with Gasteiger partial charge in [-0.25, -0.2) is 13.6 Å². The maximum absolute atomic E-state index is 13.0. The summed E-state index contributed by atoms with van der Waals surface area (Å²) in [7, 11) is 0. The zero-order valence-corrected chi connectivity index (χ0v) is 10.5. The fourth-order valence-corrected chi connectivity index (χ4v) is 1.59. The largest absolute Gasteiger partial charge is 0.480 e. The number of aliphatic carboxylic acids is 1. The minimum atomic E-state index is -1.23. The number of carbonyl (C=O) groups excluding carboxylic acids is 1. The van der Waals surface area contributed by atoms with Crippen molar-refractivity contribution in [3.63, 3.8) is 0 Å². The molecule has 0 unspecified atom stereocenters. The first-order chi connectivity index (χ1) is 9.43. The number of rotatable bonds is 6. The molecular formula is C14H13F2NO3. The number of halogens is 2. The van der Waals surface area contributed by atoms with Crippen LogP contribution in [-0.4, -0.2) is 23.0 Å². The monoisotopic (exact) mass is 281 g/mol. The van der Waals surface area contributed by atoms with Crippen LogP contribution in [0.1, 0.15) is 29.6 Å². The molecule has 0 radical (unpaired) electrons. The summed E-state index contributed by atoms with van der Waals surface area (Å²) in [6.45, 7) is 0. The number of unbranched alkanes of at least 4 members (excludes halogenated alkanes) is 1. The highest BCUT2D eigenvalue weighted by Crippen LogP contribution is 2.09. The molecule has 20 heavy (non-hydrogen) atoms. The first-order valence-corrected chi connectivity index (χ1v) is 5.87. The molecule has 106 valence electrons. The molecular weight excluding hydrogens is 268 g/mol. The normalized spacial score (nSPS) is 11.4. The van der Waals surface area contributed by atoms with E-state index in [0.717, 1.165) is 12.1 Å². The lowest BCUT2D eigenvalue weighted by molar-refractivity contribution is -0.139. The average Bonchev–Trinajstić information content (AvgIpc) is 2.36. The standard InChI is InChI=1S/C14H13F2NO3/c1-2-3-4-5-12(14(19)20)17-13(18)9-6-10(15)8-11(16)7-9/h1,6-8,12H,3-5H2,(H,17,18)(H,19,20)/t12-/m1/s1. The zero-order valence-electron chi connectivity index (χ0n) is 10.5. The van der Waals surface area contributed by atoms with Crippen molar-refractivity contribution in [2.45, 2.75) is 25.3 Å². The van der Waals surface area contributed by atoms with Crippen LogP contribution < -0.4 is 5.32 Å². The lowest BCUT2D eigenvalue weighted by Crippen LogP contribution is -2.40. The van der Waals surface area contributed by atoms with Gasteiger partial charge in [0.05, 0.1) is 0 Å². The SMILES string of the molecule is C#CCCC[C@@H](NC(=O)c1cc(F)cc(F)c1)C(=O)O. The van der Waals surface area contributed by atoms with Gasteiger partial charge >= 0.3 is 5.97 Å². The lowest BCUT2D eigenvalue weighted by atomic mass is 10.1. The molecule has 1 atom stereocenters. The molecule has 0 heterocycles. The Morgan fingerprint density at radius 3 is 2.40 bits per heavy atom. The molecule has 0 saturated heterocycles. The maximum atomic E-state index is 13.0. The second-order valence-corrected chi connectivity index (χ2v) is 4.12. The first kappa shape index (κ1) is 15.6. The second-order valence-electron chi connectivity index (χ2n) is 4.12. The van der Waals surface area contributed by atoms with Crippen LogP contribution >= 0.6 is 0 Å². The Balaban J connectivity index is 2.75. The predicted octanol–water partition coefficient (Wildman–Crippen LogP) is 1.95. The van der Waals surface area contributed by atoms with E-state index in [0.29, 0.717) is 18.9 Å². The van der Waals surface area contributed by atoms with Gasteiger partial charge in [-0.3, -0.25) is 4.79 Å². The fraction of sp³-hybridized carbons (Fsp3) is 0.286. The van der Waals surface area contributed by atoms with E-state index in [1.54, 1.807) is 0 Å². The minimum absolute atomic E-state index is 0.142. The van der Waals surface area contributed by atoms with Crippen molar-refractivity contribution in [1.82, 2.24) is 5.32 Å². The van der Waals surface area contributed by atoms with E-state index < -0.39 is 29.6 Å². The molecule has 2 N–H and O–H groups in total. The summed E-state index contributed by atoms with van der Waals surface area (Å²) in [5.41, 5.74) is -0.273. The first-order valence-electron chi connectivity index (χ1n) is 5.87. The Kier molecular flexibility index (Phi) is 5.66. The predicted molar refractivity (Wildman–Crippen MR) is 67.9 cm³/mol. The summed E-state index contributed by atoms with van der Waals surface area (Å²) >= 11 is 0. The highest BCUT2D eigenvalue weighted by molar-refractivity contribution is 5.96. The van der Waals surface area contributed by atoms with Gasteiger partial charge in [-0.1, -0.05) is 0 Å². The zero-order chi connectivity index (χ0) is 15.1. The van der Waals surface area contributed by atoms with Crippen molar-refractivity contribution in [2.24, 2.45) is 0 Å². The summed E-state index contributed by atoms with van der Waals surface area (Å²) in [6, 6.07) is 1.14. The molecule has 0 bridgehead atoms. The number of hydrogen-bond acceptors (Lipinski definition) is 2. The third-order valence-electron chi connectivity index (χ3n) is 2.54. The summed E-state index contributed by atoms with van der Waals surface area (Å²) in [4.78, 5) is 22.7. The van der Waals surface area contributed by atoms with Gasteiger partial charge in [0.25, 0.3) is 5.91 Å². The molecule has 0 fully saturated rings. The Labute approximate surface area is 114 Å². The number of benzene rings is 1. The molecule has 0 aliphatic rings. The quantitative estimate of drug-likeness (QED) is 0.618. The van der Waals surface area contributed by atoms with Crippen LogP contribution in [0, 0.1) is 24.0 Å². The van der Waals surface area contributed by atoms with Crippen LogP contribution in [0.3, 0.4) is 0 Å². The molecule has 1 aromatic rings. The minimum Gasteiger partial charge on any atom is -0.480 e. The number of terminal acetylenes is 1. The van der Waals surface area contributed by atoms with Crippen LogP contribution in [0.15, 0.2) is 18.2 Å². The van der Waals surface area contributed by atoms with E-state index in [9.17, 15) is 18.4 Å². The van der Waals surface area contributed by atoms with Gasteiger partial charge in [0.15, 0.2) is 0 Å². The van der Waals surface area contributed by atoms with Crippen LogP contribution in [0.5, 0.6) is 0 Å². The van der Waals surface area contributed by atoms with Crippen molar-refractivity contribution in [3.05, 3.63) is 35.4 Å². The van der Waals surface area contributed by atoms with Gasteiger partial charge in [0.1, 0.15) is 17.7 Å². The van der Waals surface area contributed by atoms with E-state index >= 15 is 0 Å². The van der Waals surface area contributed by atoms with E-state index in [4.69, 9.17) is 11.5 Å². The number of carbonyl (C=O) groups is 2. The van der Waals surface area contributed by atoms with Crippen LogP contribution in [0.2, 0.25) is 0 Å². The van der Waals surface area contributed by atoms with Crippen molar-refractivity contribution in [2.75, 3.05) is 0 Å². The Morgan fingerprint density at radius 1 is 1.30 bits per heavy atom. The van der Waals surface area contributed by atoms with Crippen LogP contribution in [0.4, 0.5) is 8.78 Å². The van der Waals surface area contributed by atoms with Crippen molar-refractivity contribution < 1.29 is 23.5 Å². The summed E-state index contributed by atoms with van der Waals surface area (Å²) in [5, 5.41) is 11.2. The van der Waals surface area contributed by atoms with Gasteiger partial charge in [-0.15, -0.1) is 12.3 Å². The molecule has 6 heteroatoms. The maximum Gasteiger partial charge on any atom is 0.326 e. The van der Waals surface area contributed by atoms with E-state index in [1.807, 2.05) is 0 Å². The topological polar surface area (TPSA) is 66.4 Å².